The van der Waals surface area contributed by atoms with E-state index < -0.39 is 20.9 Å². The van der Waals surface area contributed by atoms with Crippen LogP contribution in [0.5, 0.6) is 0 Å². The molecule has 2 N–H and O–H groups in total. The summed E-state index contributed by atoms with van der Waals surface area (Å²) in [6.07, 6.45) is 0.0455. The zero-order valence-electron chi connectivity index (χ0n) is 11.4. The Balaban J connectivity index is 4.46. The molecule has 0 fully saturated rings. The molecule has 4 nitrogen and oxygen atoms in total. The number of aliphatic hydroxyl groups excluding tert-OH is 1. The highest BCUT2D eigenvalue weighted by atomic mass is 32.2. The molecule has 0 saturated heterocycles. The second-order valence-corrected chi connectivity index (χ2v) is 7.88. The number of hydrogen-bond donors (Lipinski definition) is 2. The summed E-state index contributed by atoms with van der Waals surface area (Å²) in [5, 5.41) is 9.82. The molecule has 0 aliphatic heterocycles. The molecule has 0 heterocycles. The number of aliphatic hydroxyl groups is 1. The summed E-state index contributed by atoms with van der Waals surface area (Å²) < 4.78 is 25.1. The highest BCUT2D eigenvalue weighted by molar-refractivity contribution is 7.90. The van der Waals surface area contributed by atoms with Crippen molar-refractivity contribution in [1.29, 1.82) is 0 Å². The van der Waals surface area contributed by atoms with Crippen molar-refractivity contribution in [2.24, 2.45) is 5.92 Å². The van der Waals surface area contributed by atoms with Crippen molar-refractivity contribution in [3.05, 3.63) is 12.2 Å². The van der Waals surface area contributed by atoms with E-state index in [9.17, 15) is 13.5 Å². The van der Waals surface area contributed by atoms with Crippen LogP contribution in [-0.4, -0.2) is 30.9 Å². The lowest BCUT2D eigenvalue weighted by Gasteiger charge is -2.23. The standard InChI is InChI=1S/C12H25NO3S/c1-7-9(2)10(3)11(14)8-13-17(15,16)12(4,5)6/h9,11,13-14H,3,7-8H2,1-2,4-6H3. The lowest BCUT2D eigenvalue weighted by Crippen LogP contribution is -2.43. The summed E-state index contributed by atoms with van der Waals surface area (Å²) in [7, 11) is -3.41. The van der Waals surface area contributed by atoms with Crippen LogP contribution in [0.25, 0.3) is 0 Å². The van der Waals surface area contributed by atoms with Gasteiger partial charge in [-0.25, -0.2) is 13.1 Å². The summed E-state index contributed by atoms with van der Waals surface area (Å²) in [6.45, 7) is 12.6. The average Bonchev–Trinajstić information content (AvgIpc) is 2.22. The van der Waals surface area contributed by atoms with Gasteiger partial charge in [0, 0.05) is 6.54 Å². The molecule has 0 amide bonds. The van der Waals surface area contributed by atoms with Gasteiger partial charge >= 0.3 is 0 Å². The third-order valence-corrected chi connectivity index (χ3v) is 5.11. The maximum Gasteiger partial charge on any atom is 0.216 e. The van der Waals surface area contributed by atoms with Gasteiger partial charge in [0.15, 0.2) is 0 Å². The Kier molecular flexibility index (Phi) is 5.84. The van der Waals surface area contributed by atoms with Crippen molar-refractivity contribution in [3.8, 4) is 0 Å². The first kappa shape index (κ1) is 16.6. The summed E-state index contributed by atoms with van der Waals surface area (Å²) in [6, 6.07) is 0. The second kappa shape index (κ2) is 5.98. The van der Waals surface area contributed by atoms with Crippen LogP contribution in [0.15, 0.2) is 12.2 Å². The normalized spacial score (nSPS) is 16.6. The zero-order valence-corrected chi connectivity index (χ0v) is 12.3. The van der Waals surface area contributed by atoms with Crippen LogP contribution in [0.2, 0.25) is 0 Å². The van der Waals surface area contributed by atoms with E-state index in [-0.39, 0.29) is 12.5 Å². The van der Waals surface area contributed by atoms with Crippen molar-refractivity contribution < 1.29 is 13.5 Å². The minimum atomic E-state index is -3.41. The topological polar surface area (TPSA) is 66.4 Å². The molecule has 0 radical (unpaired) electrons. The Morgan fingerprint density at radius 3 is 2.24 bits per heavy atom. The number of sulfonamides is 1. The SMILES string of the molecule is C=C(C(C)CC)C(O)CNS(=O)(=O)C(C)(C)C. The van der Waals surface area contributed by atoms with Crippen LogP contribution < -0.4 is 4.72 Å². The highest BCUT2D eigenvalue weighted by Crippen LogP contribution is 2.17. The van der Waals surface area contributed by atoms with Gasteiger partial charge in [0.1, 0.15) is 0 Å². The molecule has 5 heteroatoms. The fourth-order valence-corrected chi connectivity index (χ4v) is 1.94. The van der Waals surface area contributed by atoms with Gasteiger partial charge in [0.2, 0.25) is 10.0 Å². The Morgan fingerprint density at radius 1 is 1.41 bits per heavy atom. The van der Waals surface area contributed by atoms with Crippen LogP contribution >= 0.6 is 0 Å². The van der Waals surface area contributed by atoms with E-state index in [0.717, 1.165) is 6.42 Å². The monoisotopic (exact) mass is 263 g/mol. The molecule has 102 valence electrons. The molecular formula is C12H25NO3S. The first-order valence-corrected chi connectivity index (χ1v) is 7.37. The van der Waals surface area contributed by atoms with Crippen molar-refractivity contribution in [2.45, 2.75) is 51.9 Å². The van der Waals surface area contributed by atoms with Crippen LogP contribution in [0.4, 0.5) is 0 Å². The molecule has 17 heavy (non-hydrogen) atoms. The van der Waals surface area contributed by atoms with Crippen molar-refractivity contribution in [1.82, 2.24) is 4.72 Å². The third kappa shape index (κ3) is 4.77. The van der Waals surface area contributed by atoms with Gasteiger partial charge in [0.25, 0.3) is 0 Å². The van der Waals surface area contributed by atoms with E-state index in [4.69, 9.17) is 0 Å². The van der Waals surface area contributed by atoms with Crippen LogP contribution in [-0.2, 0) is 10.0 Å². The number of nitrogens with one attached hydrogen (secondary N) is 1. The summed E-state index contributed by atoms with van der Waals surface area (Å²) >= 11 is 0. The first-order valence-electron chi connectivity index (χ1n) is 5.89. The molecule has 0 rings (SSSR count). The van der Waals surface area contributed by atoms with E-state index in [0.29, 0.717) is 5.57 Å². The van der Waals surface area contributed by atoms with Crippen LogP contribution in [0.3, 0.4) is 0 Å². The Labute approximate surface area is 105 Å². The smallest absolute Gasteiger partial charge is 0.216 e. The minimum Gasteiger partial charge on any atom is -0.387 e. The maximum absolute atomic E-state index is 11.8. The quantitative estimate of drug-likeness (QED) is 0.716. The maximum atomic E-state index is 11.8. The lowest BCUT2D eigenvalue weighted by atomic mass is 9.95. The predicted molar refractivity (Wildman–Crippen MR) is 71.3 cm³/mol. The molecule has 0 spiro atoms. The summed E-state index contributed by atoms with van der Waals surface area (Å²) in [5.41, 5.74) is 0.670. The largest absolute Gasteiger partial charge is 0.387 e. The molecule has 0 saturated carbocycles. The zero-order chi connectivity index (χ0) is 13.9. The van der Waals surface area contributed by atoms with E-state index in [2.05, 4.69) is 11.3 Å². The predicted octanol–water partition coefficient (Wildman–Crippen LogP) is 1.67. The number of hydrogen-bond acceptors (Lipinski definition) is 3. The molecule has 0 aliphatic rings. The minimum absolute atomic E-state index is 0.0111. The molecule has 0 aromatic rings. The van der Waals surface area contributed by atoms with E-state index in [1.807, 2.05) is 13.8 Å². The van der Waals surface area contributed by atoms with Crippen LogP contribution in [0, 0.1) is 5.92 Å². The Bertz CT molecular complexity index is 354. The van der Waals surface area contributed by atoms with Crippen molar-refractivity contribution in [3.63, 3.8) is 0 Å². The molecule has 0 aliphatic carbocycles. The molecule has 2 atom stereocenters. The van der Waals surface area contributed by atoms with Gasteiger partial charge < -0.3 is 5.11 Å². The summed E-state index contributed by atoms with van der Waals surface area (Å²) in [5.74, 6) is 0.184. The van der Waals surface area contributed by atoms with Crippen molar-refractivity contribution >= 4 is 10.0 Å². The van der Waals surface area contributed by atoms with E-state index in [1.54, 1.807) is 20.8 Å². The fraction of sp³-hybridized carbons (Fsp3) is 0.833. The Morgan fingerprint density at radius 2 is 1.88 bits per heavy atom. The average molecular weight is 263 g/mol. The molecule has 0 aromatic carbocycles. The van der Waals surface area contributed by atoms with Crippen LogP contribution in [0.1, 0.15) is 41.0 Å². The molecule has 0 aromatic heterocycles. The van der Waals surface area contributed by atoms with Gasteiger partial charge in [-0.3, -0.25) is 0 Å². The van der Waals surface area contributed by atoms with Crippen molar-refractivity contribution in [2.75, 3.05) is 6.54 Å². The molecule has 0 bridgehead atoms. The second-order valence-electron chi connectivity index (χ2n) is 5.36. The fourth-order valence-electron chi connectivity index (χ4n) is 1.13. The highest BCUT2D eigenvalue weighted by Gasteiger charge is 2.29. The van der Waals surface area contributed by atoms with Gasteiger partial charge in [-0.05, 0) is 38.7 Å². The van der Waals surface area contributed by atoms with Gasteiger partial charge in [-0.2, -0.15) is 0 Å². The van der Waals surface area contributed by atoms with E-state index >= 15 is 0 Å². The van der Waals surface area contributed by atoms with Gasteiger partial charge in [-0.15, -0.1) is 0 Å². The van der Waals surface area contributed by atoms with E-state index in [1.165, 1.54) is 0 Å². The Hall–Kier alpha value is -0.390. The third-order valence-electron chi connectivity index (χ3n) is 2.95. The number of rotatable bonds is 6. The first-order chi connectivity index (χ1) is 7.53. The lowest BCUT2D eigenvalue weighted by molar-refractivity contribution is 0.201. The summed E-state index contributed by atoms with van der Waals surface area (Å²) in [4.78, 5) is 0. The van der Waals surface area contributed by atoms with Gasteiger partial charge in [0.05, 0.1) is 10.9 Å². The van der Waals surface area contributed by atoms with Gasteiger partial charge in [-0.1, -0.05) is 20.4 Å². The molecular weight excluding hydrogens is 238 g/mol. The molecule has 2 unspecified atom stereocenters.